The van der Waals surface area contributed by atoms with Gasteiger partial charge in [0, 0.05) is 51.0 Å². The van der Waals surface area contributed by atoms with Crippen LogP contribution in [-0.2, 0) is 13.1 Å². The molecule has 0 aliphatic carbocycles. The van der Waals surface area contributed by atoms with Gasteiger partial charge in [0.2, 0.25) is 5.82 Å². The van der Waals surface area contributed by atoms with Crippen molar-refractivity contribution in [2.45, 2.75) is 46.3 Å². The van der Waals surface area contributed by atoms with Gasteiger partial charge in [-0.05, 0) is 27.2 Å². The highest BCUT2D eigenvalue weighted by Crippen LogP contribution is 2.24. The summed E-state index contributed by atoms with van der Waals surface area (Å²) in [4.78, 5) is 29.3. The molecule has 0 bridgehead atoms. The van der Waals surface area contributed by atoms with Crippen LogP contribution in [0, 0.1) is 13.8 Å². The van der Waals surface area contributed by atoms with Gasteiger partial charge in [0.15, 0.2) is 0 Å². The summed E-state index contributed by atoms with van der Waals surface area (Å²) in [5.41, 5.74) is 1.87. The first-order chi connectivity index (χ1) is 12.9. The van der Waals surface area contributed by atoms with Crippen molar-refractivity contribution in [1.82, 2.24) is 34.9 Å². The predicted octanol–water partition coefficient (Wildman–Crippen LogP) is 0.775. The molecule has 3 heterocycles. The first kappa shape index (κ1) is 19.2. The summed E-state index contributed by atoms with van der Waals surface area (Å²) in [6.45, 7) is 9.24. The number of carbonyl (C=O) groups is 1. The van der Waals surface area contributed by atoms with Crippen LogP contribution in [0.2, 0.25) is 0 Å². The lowest BCUT2D eigenvalue weighted by atomic mass is 10.2. The monoisotopic (exact) mass is 372 g/mol. The molecule has 0 unspecified atom stereocenters. The molecule has 1 aliphatic heterocycles. The molecule has 1 aliphatic rings. The van der Waals surface area contributed by atoms with Crippen molar-refractivity contribution in [2.24, 2.45) is 0 Å². The molecular formula is C18H28N8O. The standard InChI is InChI=1S/C18H28N8O/c1-6-26-15(20-11-21-26)9-19-14-7-8-25(10-14)17-12(2)13(3)22-16(23-17)18(27)24(4)5/h11,14,19H,6-10H2,1-5H3/t14-/m1/s1. The van der Waals surface area contributed by atoms with Crippen LogP contribution in [0.25, 0.3) is 0 Å². The fraction of sp³-hybridized carbons (Fsp3) is 0.611. The molecule has 3 rings (SSSR count). The second-order valence-corrected chi connectivity index (χ2v) is 7.09. The van der Waals surface area contributed by atoms with Crippen LogP contribution in [0.5, 0.6) is 0 Å². The van der Waals surface area contributed by atoms with E-state index in [1.807, 2.05) is 18.5 Å². The maximum Gasteiger partial charge on any atom is 0.291 e. The van der Waals surface area contributed by atoms with Gasteiger partial charge in [-0.25, -0.2) is 19.6 Å². The fourth-order valence-corrected chi connectivity index (χ4v) is 3.26. The lowest BCUT2D eigenvalue weighted by Crippen LogP contribution is -2.34. The number of hydrogen-bond acceptors (Lipinski definition) is 7. The quantitative estimate of drug-likeness (QED) is 0.801. The average molecular weight is 372 g/mol. The van der Waals surface area contributed by atoms with Crippen molar-refractivity contribution in [1.29, 1.82) is 0 Å². The van der Waals surface area contributed by atoms with E-state index in [2.05, 4.69) is 37.2 Å². The largest absolute Gasteiger partial charge is 0.355 e. The number of nitrogens with zero attached hydrogens (tertiary/aromatic N) is 7. The van der Waals surface area contributed by atoms with E-state index in [1.165, 1.54) is 4.90 Å². The smallest absolute Gasteiger partial charge is 0.291 e. The second-order valence-electron chi connectivity index (χ2n) is 7.09. The van der Waals surface area contributed by atoms with Crippen LogP contribution in [0.15, 0.2) is 6.33 Å². The number of anilines is 1. The summed E-state index contributed by atoms with van der Waals surface area (Å²) in [6, 6.07) is 0.342. The minimum Gasteiger partial charge on any atom is -0.355 e. The summed E-state index contributed by atoms with van der Waals surface area (Å²) in [6.07, 6.45) is 2.61. The Morgan fingerprint density at radius 1 is 1.33 bits per heavy atom. The third kappa shape index (κ3) is 4.08. The summed E-state index contributed by atoms with van der Waals surface area (Å²) in [5, 5.41) is 7.77. The van der Waals surface area contributed by atoms with Gasteiger partial charge in [-0.15, -0.1) is 0 Å². The molecule has 1 atom stereocenters. The molecule has 2 aromatic rings. The molecule has 1 N–H and O–H groups in total. The molecule has 0 aromatic carbocycles. The maximum absolute atomic E-state index is 12.3. The molecule has 9 nitrogen and oxygen atoms in total. The Labute approximate surface area is 159 Å². The molecule has 146 valence electrons. The van der Waals surface area contributed by atoms with E-state index in [0.29, 0.717) is 12.6 Å². The zero-order chi connectivity index (χ0) is 19.6. The number of aryl methyl sites for hydroxylation is 2. The SMILES string of the molecule is CCn1ncnc1CN[C@@H]1CCN(c2nc(C(=O)N(C)C)nc(C)c2C)C1. The van der Waals surface area contributed by atoms with Crippen LogP contribution in [0.3, 0.4) is 0 Å². The van der Waals surface area contributed by atoms with E-state index >= 15 is 0 Å². The Balaban J connectivity index is 1.70. The minimum absolute atomic E-state index is 0.174. The number of carbonyl (C=O) groups excluding carboxylic acids is 1. The van der Waals surface area contributed by atoms with Gasteiger partial charge < -0.3 is 15.1 Å². The van der Waals surface area contributed by atoms with Crippen LogP contribution < -0.4 is 10.2 Å². The van der Waals surface area contributed by atoms with E-state index in [0.717, 1.165) is 49.0 Å². The van der Waals surface area contributed by atoms with Gasteiger partial charge >= 0.3 is 0 Å². The van der Waals surface area contributed by atoms with Crippen molar-refractivity contribution < 1.29 is 4.79 Å². The minimum atomic E-state index is -0.174. The Bertz CT molecular complexity index is 816. The average Bonchev–Trinajstić information content (AvgIpc) is 3.30. The predicted molar refractivity (Wildman–Crippen MR) is 103 cm³/mol. The molecule has 27 heavy (non-hydrogen) atoms. The topological polar surface area (TPSA) is 92.1 Å². The summed E-state index contributed by atoms with van der Waals surface area (Å²) >= 11 is 0. The van der Waals surface area contributed by atoms with Crippen molar-refractivity contribution in [2.75, 3.05) is 32.1 Å². The third-order valence-corrected chi connectivity index (χ3v) is 4.99. The fourth-order valence-electron chi connectivity index (χ4n) is 3.26. The number of nitrogens with one attached hydrogen (secondary N) is 1. The molecule has 1 fully saturated rings. The molecule has 2 aromatic heterocycles. The molecule has 0 saturated carbocycles. The molecule has 1 saturated heterocycles. The van der Waals surface area contributed by atoms with Crippen molar-refractivity contribution in [3.63, 3.8) is 0 Å². The summed E-state index contributed by atoms with van der Waals surface area (Å²) < 4.78 is 1.90. The molecule has 0 spiro atoms. The lowest BCUT2D eigenvalue weighted by Gasteiger charge is -2.22. The van der Waals surface area contributed by atoms with Crippen LogP contribution in [0.1, 0.15) is 41.0 Å². The van der Waals surface area contributed by atoms with Crippen molar-refractivity contribution in [3.8, 4) is 0 Å². The summed E-state index contributed by atoms with van der Waals surface area (Å²) in [5.74, 6) is 1.88. The van der Waals surface area contributed by atoms with Gasteiger partial charge in [0.05, 0.1) is 6.54 Å². The zero-order valence-electron chi connectivity index (χ0n) is 16.7. The van der Waals surface area contributed by atoms with E-state index in [-0.39, 0.29) is 11.7 Å². The molecule has 9 heteroatoms. The van der Waals surface area contributed by atoms with Gasteiger partial charge in [0.25, 0.3) is 5.91 Å². The van der Waals surface area contributed by atoms with Gasteiger partial charge in [0.1, 0.15) is 18.0 Å². The summed E-state index contributed by atoms with van der Waals surface area (Å²) in [7, 11) is 3.43. The number of amides is 1. The van der Waals surface area contributed by atoms with E-state index < -0.39 is 0 Å². The van der Waals surface area contributed by atoms with Crippen LogP contribution in [0.4, 0.5) is 5.82 Å². The van der Waals surface area contributed by atoms with E-state index in [9.17, 15) is 4.79 Å². The Kier molecular flexibility index (Phi) is 5.69. The highest BCUT2D eigenvalue weighted by molar-refractivity contribution is 5.90. The van der Waals surface area contributed by atoms with Crippen LogP contribution in [-0.4, -0.2) is 68.8 Å². The van der Waals surface area contributed by atoms with Crippen LogP contribution >= 0.6 is 0 Å². The highest BCUT2D eigenvalue weighted by Gasteiger charge is 2.27. The third-order valence-electron chi connectivity index (χ3n) is 4.99. The van der Waals surface area contributed by atoms with Gasteiger partial charge in [-0.3, -0.25) is 4.79 Å². The van der Waals surface area contributed by atoms with E-state index in [1.54, 1.807) is 20.4 Å². The Morgan fingerprint density at radius 2 is 2.11 bits per heavy atom. The van der Waals surface area contributed by atoms with Gasteiger partial charge in [-0.2, -0.15) is 5.10 Å². The van der Waals surface area contributed by atoms with E-state index in [4.69, 9.17) is 0 Å². The number of aromatic nitrogens is 5. The highest BCUT2D eigenvalue weighted by atomic mass is 16.2. The molecule has 0 radical (unpaired) electrons. The maximum atomic E-state index is 12.3. The molecule has 1 amide bonds. The normalized spacial score (nSPS) is 16.8. The second kappa shape index (κ2) is 7.99. The van der Waals surface area contributed by atoms with Gasteiger partial charge in [-0.1, -0.05) is 0 Å². The number of hydrogen-bond donors (Lipinski definition) is 1. The first-order valence-electron chi connectivity index (χ1n) is 9.32. The first-order valence-corrected chi connectivity index (χ1v) is 9.32. The Hall–Kier alpha value is -2.55. The van der Waals surface area contributed by atoms with Crippen molar-refractivity contribution in [3.05, 3.63) is 29.2 Å². The lowest BCUT2D eigenvalue weighted by molar-refractivity contribution is 0.0815. The molecular weight excluding hydrogens is 344 g/mol. The van der Waals surface area contributed by atoms with Crippen molar-refractivity contribution >= 4 is 11.7 Å². The number of rotatable bonds is 6. The zero-order valence-corrected chi connectivity index (χ0v) is 16.7. The Morgan fingerprint density at radius 3 is 2.81 bits per heavy atom.